The van der Waals surface area contributed by atoms with Crippen molar-refractivity contribution >= 4 is 5.91 Å². The van der Waals surface area contributed by atoms with Gasteiger partial charge in [0.1, 0.15) is 0 Å². The van der Waals surface area contributed by atoms with Gasteiger partial charge in [-0.2, -0.15) is 0 Å². The number of amides is 1. The second kappa shape index (κ2) is 3.95. The van der Waals surface area contributed by atoms with Crippen LogP contribution in [-0.4, -0.2) is 21.7 Å². The first-order valence-corrected chi connectivity index (χ1v) is 5.75. The maximum absolute atomic E-state index is 12.0. The SMILES string of the molecule is CC(C)(NC(=O)c1cccc(O)c1O)C1CC1. The van der Waals surface area contributed by atoms with E-state index in [4.69, 9.17) is 0 Å². The third-order valence-corrected chi connectivity index (χ3v) is 3.29. The standard InChI is InChI=1S/C13H17NO3/c1-13(2,8-6-7-8)14-12(17)9-4-3-5-10(15)11(9)16/h3-5,8,15-16H,6-7H2,1-2H3,(H,14,17). The van der Waals surface area contributed by atoms with Crippen LogP contribution in [0.3, 0.4) is 0 Å². The number of carbonyl (C=O) groups is 1. The topological polar surface area (TPSA) is 69.6 Å². The zero-order valence-electron chi connectivity index (χ0n) is 10.0. The Kier molecular flexibility index (Phi) is 2.73. The fraction of sp³-hybridized carbons (Fsp3) is 0.462. The van der Waals surface area contributed by atoms with Crippen molar-refractivity contribution in [2.24, 2.45) is 5.92 Å². The molecule has 1 saturated carbocycles. The van der Waals surface area contributed by atoms with Crippen LogP contribution < -0.4 is 5.32 Å². The molecule has 1 aliphatic carbocycles. The maximum atomic E-state index is 12.0. The minimum atomic E-state index is -0.364. The molecular formula is C13H17NO3. The molecule has 0 unspecified atom stereocenters. The highest BCUT2D eigenvalue weighted by Crippen LogP contribution is 2.39. The minimum absolute atomic E-state index is 0.110. The van der Waals surface area contributed by atoms with Gasteiger partial charge in [0.25, 0.3) is 5.91 Å². The molecule has 0 atom stereocenters. The third kappa shape index (κ3) is 2.35. The van der Waals surface area contributed by atoms with Crippen LogP contribution in [0.4, 0.5) is 0 Å². The van der Waals surface area contributed by atoms with E-state index in [1.54, 1.807) is 0 Å². The van der Waals surface area contributed by atoms with Crippen LogP contribution in [0.1, 0.15) is 37.0 Å². The first-order chi connectivity index (χ1) is 7.92. The molecule has 1 amide bonds. The molecular weight excluding hydrogens is 218 g/mol. The molecule has 4 nitrogen and oxygen atoms in total. The first-order valence-electron chi connectivity index (χ1n) is 5.75. The van der Waals surface area contributed by atoms with Gasteiger partial charge in [-0.1, -0.05) is 6.07 Å². The van der Waals surface area contributed by atoms with Crippen molar-refractivity contribution in [1.29, 1.82) is 0 Å². The summed E-state index contributed by atoms with van der Waals surface area (Å²) in [5, 5.41) is 21.8. The van der Waals surface area contributed by atoms with Gasteiger partial charge in [0.2, 0.25) is 0 Å². The number of hydrogen-bond donors (Lipinski definition) is 3. The first kappa shape index (κ1) is 11.8. The number of phenols is 2. The van der Waals surface area contributed by atoms with Gasteiger partial charge in [-0.3, -0.25) is 4.79 Å². The smallest absolute Gasteiger partial charge is 0.255 e. The Morgan fingerprint density at radius 3 is 2.59 bits per heavy atom. The number of hydrogen-bond acceptors (Lipinski definition) is 3. The Morgan fingerprint density at radius 2 is 2.00 bits per heavy atom. The molecule has 0 aliphatic heterocycles. The van der Waals surface area contributed by atoms with Gasteiger partial charge in [0.15, 0.2) is 11.5 Å². The molecule has 1 aromatic carbocycles. The number of para-hydroxylation sites is 1. The quantitative estimate of drug-likeness (QED) is 0.702. The second-order valence-corrected chi connectivity index (χ2v) is 5.12. The van der Waals surface area contributed by atoms with E-state index in [1.807, 2.05) is 13.8 Å². The molecule has 92 valence electrons. The molecule has 0 bridgehead atoms. The van der Waals surface area contributed by atoms with E-state index in [-0.39, 0.29) is 28.5 Å². The van der Waals surface area contributed by atoms with Crippen molar-refractivity contribution < 1.29 is 15.0 Å². The van der Waals surface area contributed by atoms with E-state index in [0.717, 1.165) is 12.8 Å². The van der Waals surface area contributed by atoms with Gasteiger partial charge in [0.05, 0.1) is 5.56 Å². The van der Waals surface area contributed by atoms with Gasteiger partial charge in [0, 0.05) is 5.54 Å². The van der Waals surface area contributed by atoms with E-state index in [9.17, 15) is 15.0 Å². The summed E-state index contributed by atoms with van der Waals surface area (Å²) in [6.07, 6.45) is 2.25. The Hall–Kier alpha value is -1.71. The molecule has 17 heavy (non-hydrogen) atoms. The lowest BCUT2D eigenvalue weighted by Crippen LogP contribution is -2.45. The second-order valence-electron chi connectivity index (χ2n) is 5.12. The summed E-state index contributed by atoms with van der Waals surface area (Å²) in [5.74, 6) is -0.486. The van der Waals surface area contributed by atoms with Crippen molar-refractivity contribution in [2.45, 2.75) is 32.2 Å². The predicted octanol–water partition coefficient (Wildman–Crippen LogP) is 2.02. The number of nitrogens with one attached hydrogen (secondary N) is 1. The number of rotatable bonds is 3. The van der Waals surface area contributed by atoms with E-state index in [0.29, 0.717) is 5.92 Å². The fourth-order valence-corrected chi connectivity index (χ4v) is 1.98. The van der Waals surface area contributed by atoms with E-state index >= 15 is 0 Å². The molecule has 0 saturated heterocycles. The molecule has 1 aliphatic rings. The molecule has 1 aromatic rings. The maximum Gasteiger partial charge on any atom is 0.255 e. The molecule has 0 aromatic heterocycles. The Labute approximate surface area is 100 Å². The number of aromatic hydroxyl groups is 2. The van der Waals surface area contributed by atoms with E-state index in [1.165, 1.54) is 18.2 Å². The fourth-order valence-electron chi connectivity index (χ4n) is 1.98. The number of carbonyl (C=O) groups excluding carboxylic acids is 1. The van der Waals surface area contributed by atoms with Crippen LogP contribution in [-0.2, 0) is 0 Å². The summed E-state index contributed by atoms with van der Waals surface area (Å²) in [4.78, 5) is 12.0. The van der Waals surface area contributed by atoms with Gasteiger partial charge in [-0.15, -0.1) is 0 Å². The lowest BCUT2D eigenvalue weighted by atomic mass is 9.98. The average Bonchev–Trinajstić information content (AvgIpc) is 3.04. The molecule has 2 rings (SSSR count). The number of phenolic OH excluding ortho intramolecular Hbond substituents is 2. The van der Waals surface area contributed by atoms with E-state index in [2.05, 4.69) is 5.32 Å². The molecule has 3 N–H and O–H groups in total. The van der Waals surface area contributed by atoms with Crippen LogP contribution >= 0.6 is 0 Å². The molecule has 0 spiro atoms. The summed E-state index contributed by atoms with van der Waals surface area (Å²) < 4.78 is 0. The Balaban J connectivity index is 2.17. The van der Waals surface area contributed by atoms with Gasteiger partial charge in [-0.25, -0.2) is 0 Å². The van der Waals surface area contributed by atoms with Crippen molar-refractivity contribution in [2.75, 3.05) is 0 Å². The van der Waals surface area contributed by atoms with Crippen LogP contribution in [0, 0.1) is 5.92 Å². The van der Waals surface area contributed by atoms with Crippen molar-refractivity contribution in [3.63, 3.8) is 0 Å². The van der Waals surface area contributed by atoms with Gasteiger partial charge >= 0.3 is 0 Å². The monoisotopic (exact) mass is 235 g/mol. The van der Waals surface area contributed by atoms with Crippen LogP contribution in [0.25, 0.3) is 0 Å². The van der Waals surface area contributed by atoms with Crippen molar-refractivity contribution in [3.05, 3.63) is 23.8 Å². The van der Waals surface area contributed by atoms with Gasteiger partial charge in [-0.05, 0) is 44.7 Å². The number of benzene rings is 1. The minimum Gasteiger partial charge on any atom is -0.504 e. The van der Waals surface area contributed by atoms with Crippen LogP contribution in [0.2, 0.25) is 0 Å². The van der Waals surface area contributed by atoms with Crippen LogP contribution in [0.15, 0.2) is 18.2 Å². The molecule has 0 radical (unpaired) electrons. The zero-order chi connectivity index (χ0) is 12.6. The predicted molar refractivity (Wildman–Crippen MR) is 64.0 cm³/mol. The Morgan fingerprint density at radius 1 is 1.35 bits per heavy atom. The Bertz CT molecular complexity index is 450. The summed E-state index contributed by atoms with van der Waals surface area (Å²) >= 11 is 0. The zero-order valence-corrected chi connectivity index (χ0v) is 10.0. The van der Waals surface area contributed by atoms with E-state index < -0.39 is 0 Å². The third-order valence-electron chi connectivity index (χ3n) is 3.29. The summed E-state index contributed by atoms with van der Waals surface area (Å²) in [5.41, 5.74) is -0.159. The van der Waals surface area contributed by atoms with Crippen LogP contribution in [0.5, 0.6) is 11.5 Å². The lowest BCUT2D eigenvalue weighted by Gasteiger charge is -2.26. The van der Waals surface area contributed by atoms with Crippen molar-refractivity contribution in [3.8, 4) is 11.5 Å². The lowest BCUT2D eigenvalue weighted by molar-refractivity contribution is 0.0900. The summed E-state index contributed by atoms with van der Waals surface area (Å²) in [7, 11) is 0. The summed E-state index contributed by atoms with van der Waals surface area (Å²) in [6.45, 7) is 3.95. The van der Waals surface area contributed by atoms with Crippen molar-refractivity contribution in [1.82, 2.24) is 5.32 Å². The van der Waals surface area contributed by atoms with Gasteiger partial charge < -0.3 is 15.5 Å². The normalized spacial score (nSPS) is 15.6. The average molecular weight is 235 g/mol. The highest BCUT2D eigenvalue weighted by Gasteiger charge is 2.39. The molecule has 1 fully saturated rings. The summed E-state index contributed by atoms with van der Waals surface area (Å²) in [6, 6.07) is 4.37. The highest BCUT2D eigenvalue weighted by atomic mass is 16.3. The largest absolute Gasteiger partial charge is 0.504 e. The highest BCUT2D eigenvalue weighted by molar-refractivity contribution is 5.98. The molecule has 4 heteroatoms. The molecule has 0 heterocycles.